The van der Waals surface area contributed by atoms with E-state index < -0.39 is 11.8 Å². The number of rotatable bonds is 4. The smallest absolute Gasteiger partial charge is 0.323 e. The summed E-state index contributed by atoms with van der Waals surface area (Å²) in [5, 5.41) is 5.23. The lowest BCUT2D eigenvalue weighted by molar-refractivity contribution is 0.101. The third-order valence-corrected chi connectivity index (χ3v) is 5.41. The number of nitrogens with zero attached hydrogens (tertiary/aromatic N) is 4. The zero-order valence-corrected chi connectivity index (χ0v) is 18.4. The Morgan fingerprint density at radius 1 is 1.10 bits per heavy atom. The summed E-state index contributed by atoms with van der Waals surface area (Å²) in [6.45, 7) is 6.27. The fraction of sp³-hybridized carbons (Fsp3) is 0.409. The van der Waals surface area contributed by atoms with Crippen LogP contribution in [0.25, 0.3) is 0 Å². The summed E-state index contributed by atoms with van der Waals surface area (Å²) in [6.07, 6.45) is 1.55. The maximum Gasteiger partial charge on any atom is 0.323 e. The first-order valence-electron chi connectivity index (χ1n) is 10.3. The van der Waals surface area contributed by atoms with Crippen molar-refractivity contribution in [2.75, 3.05) is 50.9 Å². The molecule has 1 aliphatic rings. The predicted octanol–water partition coefficient (Wildman–Crippen LogP) is 3.53. The number of aromatic nitrogens is 1. The van der Waals surface area contributed by atoms with Crippen LogP contribution in [-0.4, -0.2) is 72.0 Å². The Balaban J connectivity index is 1.64. The average molecular weight is 429 g/mol. The van der Waals surface area contributed by atoms with Crippen LogP contribution in [0, 0.1) is 12.7 Å². The molecule has 8 nitrogen and oxygen atoms in total. The van der Waals surface area contributed by atoms with Gasteiger partial charge in [-0.25, -0.2) is 14.0 Å². The van der Waals surface area contributed by atoms with Crippen molar-refractivity contribution in [2.24, 2.45) is 0 Å². The average Bonchev–Trinajstić information content (AvgIpc) is 2.76. The maximum absolute atomic E-state index is 15.2. The van der Waals surface area contributed by atoms with Crippen molar-refractivity contribution >= 4 is 23.4 Å². The van der Waals surface area contributed by atoms with Gasteiger partial charge in [-0.05, 0) is 32.0 Å². The number of piperazine rings is 1. The Bertz CT molecular complexity index is 926. The molecule has 2 heterocycles. The second kappa shape index (κ2) is 9.74. The number of anilines is 2. The molecule has 0 unspecified atom stereocenters. The SMILES string of the molecule is Cc1ccc(NC(=O)Nc2cccc([C@H](C)N3CCN(C(=O)N(C)C)CC3)c2F)cn1. The Morgan fingerprint density at radius 3 is 2.42 bits per heavy atom. The molecule has 1 aromatic carbocycles. The molecule has 0 spiro atoms. The van der Waals surface area contributed by atoms with Gasteiger partial charge >= 0.3 is 12.1 Å². The first kappa shape index (κ1) is 22.5. The van der Waals surface area contributed by atoms with Crippen LogP contribution < -0.4 is 10.6 Å². The van der Waals surface area contributed by atoms with Crippen LogP contribution in [0.1, 0.15) is 24.2 Å². The van der Waals surface area contributed by atoms with E-state index in [1.807, 2.05) is 13.8 Å². The minimum atomic E-state index is -0.537. The Hall–Kier alpha value is -3.20. The van der Waals surface area contributed by atoms with Gasteiger partial charge in [0.15, 0.2) is 5.82 Å². The van der Waals surface area contributed by atoms with Crippen molar-refractivity contribution < 1.29 is 14.0 Å². The number of amides is 4. The molecule has 2 N–H and O–H groups in total. The monoisotopic (exact) mass is 428 g/mol. The lowest BCUT2D eigenvalue weighted by Crippen LogP contribution is -2.51. The Labute approximate surface area is 182 Å². The highest BCUT2D eigenvalue weighted by Crippen LogP contribution is 2.28. The summed E-state index contributed by atoms with van der Waals surface area (Å²) < 4.78 is 15.2. The molecule has 1 aromatic heterocycles. The summed E-state index contributed by atoms with van der Waals surface area (Å²) in [6, 6.07) is 7.76. The second-order valence-corrected chi connectivity index (χ2v) is 7.85. The van der Waals surface area contributed by atoms with Gasteiger partial charge < -0.3 is 20.4 Å². The standard InChI is InChI=1S/C22H29FN6O2/c1-15-8-9-17(14-24-15)25-21(30)26-19-7-5-6-18(20(19)23)16(2)28-10-12-29(13-11-28)22(31)27(3)4/h5-9,14,16H,10-13H2,1-4H3,(H2,25,26,30)/t16-/m0/s1. The van der Waals surface area contributed by atoms with Gasteiger partial charge in [-0.3, -0.25) is 9.88 Å². The number of nitrogens with one attached hydrogen (secondary N) is 2. The number of hydrogen-bond donors (Lipinski definition) is 2. The van der Waals surface area contributed by atoms with Gasteiger partial charge in [-0.1, -0.05) is 12.1 Å². The molecule has 9 heteroatoms. The van der Waals surface area contributed by atoms with E-state index >= 15 is 4.39 Å². The van der Waals surface area contributed by atoms with Gasteiger partial charge in [0.2, 0.25) is 0 Å². The van der Waals surface area contributed by atoms with Crippen LogP contribution in [0.3, 0.4) is 0 Å². The summed E-state index contributed by atoms with van der Waals surface area (Å²) in [4.78, 5) is 34.0. The number of benzene rings is 1. The van der Waals surface area contributed by atoms with E-state index in [-0.39, 0.29) is 17.8 Å². The lowest BCUT2D eigenvalue weighted by atomic mass is 10.0. The Kier molecular flexibility index (Phi) is 7.06. The molecule has 4 amide bonds. The third-order valence-electron chi connectivity index (χ3n) is 5.41. The molecule has 1 aliphatic heterocycles. The lowest BCUT2D eigenvalue weighted by Gasteiger charge is -2.39. The number of urea groups is 2. The van der Waals surface area contributed by atoms with Crippen LogP contribution in [0.5, 0.6) is 0 Å². The van der Waals surface area contributed by atoms with E-state index in [9.17, 15) is 9.59 Å². The molecule has 0 bridgehead atoms. The van der Waals surface area contributed by atoms with Gasteiger partial charge in [0.1, 0.15) is 0 Å². The normalized spacial score (nSPS) is 15.3. The number of aryl methyl sites for hydroxylation is 1. The summed E-state index contributed by atoms with van der Waals surface area (Å²) in [5.74, 6) is -0.459. The maximum atomic E-state index is 15.2. The predicted molar refractivity (Wildman–Crippen MR) is 119 cm³/mol. The van der Waals surface area contributed by atoms with Crippen LogP contribution in [-0.2, 0) is 0 Å². The van der Waals surface area contributed by atoms with Gasteiger partial charge in [0, 0.05) is 57.6 Å². The zero-order valence-electron chi connectivity index (χ0n) is 18.4. The molecule has 1 fully saturated rings. The van der Waals surface area contributed by atoms with E-state index in [4.69, 9.17) is 0 Å². The van der Waals surface area contributed by atoms with Crippen molar-refractivity contribution in [3.8, 4) is 0 Å². The highest BCUT2D eigenvalue weighted by molar-refractivity contribution is 5.99. The fourth-order valence-electron chi connectivity index (χ4n) is 3.58. The molecule has 1 saturated heterocycles. The van der Waals surface area contributed by atoms with E-state index in [0.717, 1.165) is 5.69 Å². The van der Waals surface area contributed by atoms with Crippen LogP contribution in [0.4, 0.5) is 25.4 Å². The second-order valence-electron chi connectivity index (χ2n) is 7.85. The first-order chi connectivity index (χ1) is 14.8. The number of pyridine rings is 1. The van der Waals surface area contributed by atoms with Crippen LogP contribution >= 0.6 is 0 Å². The molecule has 3 rings (SSSR count). The van der Waals surface area contributed by atoms with Gasteiger partial charge in [-0.15, -0.1) is 0 Å². The molecule has 31 heavy (non-hydrogen) atoms. The highest BCUT2D eigenvalue weighted by atomic mass is 19.1. The minimum Gasteiger partial charge on any atom is -0.331 e. The molecule has 0 radical (unpaired) electrons. The molecule has 166 valence electrons. The van der Waals surface area contributed by atoms with E-state index in [1.165, 1.54) is 6.07 Å². The van der Waals surface area contributed by atoms with E-state index in [0.29, 0.717) is 37.4 Å². The topological polar surface area (TPSA) is 80.8 Å². The third kappa shape index (κ3) is 5.49. The summed E-state index contributed by atoms with van der Waals surface area (Å²) in [7, 11) is 3.47. The Morgan fingerprint density at radius 2 is 1.81 bits per heavy atom. The molecule has 0 saturated carbocycles. The van der Waals surface area contributed by atoms with Crippen molar-refractivity contribution in [3.63, 3.8) is 0 Å². The van der Waals surface area contributed by atoms with Gasteiger partial charge in [0.05, 0.1) is 17.6 Å². The van der Waals surface area contributed by atoms with Crippen molar-refractivity contribution in [1.82, 2.24) is 19.7 Å². The number of carbonyl (C=O) groups excluding carboxylic acids is 2. The van der Waals surface area contributed by atoms with Crippen molar-refractivity contribution in [3.05, 3.63) is 53.6 Å². The number of halogens is 1. The zero-order chi connectivity index (χ0) is 22.5. The first-order valence-corrected chi connectivity index (χ1v) is 10.3. The van der Waals surface area contributed by atoms with Gasteiger partial charge in [0.25, 0.3) is 0 Å². The molecular formula is C22H29FN6O2. The van der Waals surface area contributed by atoms with E-state index in [1.54, 1.807) is 54.4 Å². The molecular weight excluding hydrogens is 399 g/mol. The van der Waals surface area contributed by atoms with Gasteiger partial charge in [-0.2, -0.15) is 0 Å². The quantitative estimate of drug-likeness (QED) is 0.781. The highest BCUT2D eigenvalue weighted by Gasteiger charge is 2.27. The molecule has 0 aliphatic carbocycles. The van der Waals surface area contributed by atoms with Crippen LogP contribution in [0.2, 0.25) is 0 Å². The van der Waals surface area contributed by atoms with Crippen molar-refractivity contribution in [2.45, 2.75) is 19.9 Å². The van der Waals surface area contributed by atoms with Crippen LogP contribution in [0.15, 0.2) is 36.5 Å². The minimum absolute atomic E-state index is 0.0144. The molecule has 1 atom stereocenters. The molecule has 2 aromatic rings. The summed E-state index contributed by atoms with van der Waals surface area (Å²) >= 11 is 0. The largest absolute Gasteiger partial charge is 0.331 e. The fourth-order valence-corrected chi connectivity index (χ4v) is 3.58. The summed E-state index contributed by atoms with van der Waals surface area (Å²) in [5.41, 5.74) is 1.98. The number of carbonyl (C=O) groups is 2. The van der Waals surface area contributed by atoms with E-state index in [2.05, 4.69) is 20.5 Å². The number of hydrogen-bond acceptors (Lipinski definition) is 4. The van der Waals surface area contributed by atoms with Crippen molar-refractivity contribution in [1.29, 1.82) is 0 Å².